The molecule has 7 nitrogen and oxygen atoms in total. The fourth-order valence-electron chi connectivity index (χ4n) is 3.48. The minimum absolute atomic E-state index is 0.293. The number of rotatable bonds is 6. The van der Waals surface area contributed by atoms with Crippen LogP contribution in [0.4, 0.5) is 5.82 Å². The van der Waals surface area contributed by atoms with Crippen LogP contribution >= 0.6 is 0 Å². The van der Waals surface area contributed by atoms with Crippen LogP contribution in [0.3, 0.4) is 0 Å². The second kappa shape index (κ2) is 6.68. The molecule has 1 spiro atoms. The number of anilines is 1. The smallest absolute Gasteiger partial charge is 0.237 e. The van der Waals surface area contributed by atoms with Gasteiger partial charge in [-0.2, -0.15) is 0 Å². The van der Waals surface area contributed by atoms with Crippen LogP contribution in [0.25, 0.3) is 0 Å². The van der Waals surface area contributed by atoms with Crippen LogP contribution in [-0.4, -0.2) is 68.1 Å². The molecule has 3 heterocycles. The molecule has 1 aromatic rings. The highest BCUT2D eigenvalue weighted by atomic mass is 32.2. The molecular formula is C16H23N3O4S. The lowest BCUT2D eigenvalue weighted by Gasteiger charge is -2.50. The third-order valence-corrected chi connectivity index (χ3v) is 5.49. The second-order valence-corrected chi connectivity index (χ2v) is 8.79. The van der Waals surface area contributed by atoms with Crippen LogP contribution < -0.4 is 5.32 Å². The average molecular weight is 353 g/mol. The molecule has 2 fully saturated rings. The van der Waals surface area contributed by atoms with Gasteiger partial charge in [0.2, 0.25) is 5.91 Å². The van der Waals surface area contributed by atoms with Crippen LogP contribution in [0.15, 0.2) is 24.4 Å². The molecule has 1 N–H and O–H groups in total. The van der Waals surface area contributed by atoms with Crippen molar-refractivity contribution in [3.63, 3.8) is 0 Å². The highest BCUT2D eigenvalue weighted by Crippen LogP contribution is 2.41. The zero-order valence-electron chi connectivity index (χ0n) is 13.8. The number of hydrogen-bond acceptors (Lipinski definition) is 6. The monoisotopic (exact) mass is 353 g/mol. The summed E-state index contributed by atoms with van der Waals surface area (Å²) >= 11 is 0. The molecule has 1 amide bonds. The quantitative estimate of drug-likeness (QED) is 0.803. The lowest BCUT2D eigenvalue weighted by molar-refractivity contribution is -0.162. The average Bonchev–Trinajstić information content (AvgIpc) is 2.89. The standard InChI is InChI=1S/C16H23N3O4S/c1-24(21,22)10-15(20)19-11-16(12-19)13(6-9-23-16)5-8-18-14-4-2-3-7-17-14/h2-4,7,13H,5-6,8-12H2,1H3,(H,17,18)/t13-/m1/s1. The van der Waals surface area contributed by atoms with E-state index in [-0.39, 0.29) is 11.5 Å². The molecule has 0 unspecified atom stereocenters. The Balaban J connectivity index is 1.49. The van der Waals surface area contributed by atoms with Crippen molar-refractivity contribution in [2.75, 3.05) is 43.6 Å². The highest BCUT2D eigenvalue weighted by molar-refractivity contribution is 7.91. The maximum atomic E-state index is 12.0. The van der Waals surface area contributed by atoms with Gasteiger partial charge in [-0.25, -0.2) is 13.4 Å². The van der Waals surface area contributed by atoms with E-state index in [1.807, 2.05) is 18.2 Å². The highest BCUT2D eigenvalue weighted by Gasteiger charge is 2.54. The first-order chi connectivity index (χ1) is 11.4. The molecule has 2 aliphatic heterocycles. The van der Waals surface area contributed by atoms with Crippen molar-refractivity contribution in [1.29, 1.82) is 0 Å². The third-order valence-electron chi connectivity index (χ3n) is 4.72. The van der Waals surface area contributed by atoms with Crippen molar-refractivity contribution in [2.45, 2.75) is 18.4 Å². The topological polar surface area (TPSA) is 88.6 Å². The number of likely N-dealkylation sites (tertiary alicyclic amines) is 1. The van der Waals surface area contributed by atoms with E-state index in [9.17, 15) is 13.2 Å². The van der Waals surface area contributed by atoms with Crippen molar-refractivity contribution in [2.24, 2.45) is 5.92 Å². The minimum atomic E-state index is -3.29. The summed E-state index contributed by atoms with van der Waals surface area (Å²) in [7, 11) is -3.29. The predicted octanol–water partition coefficient (Wildman–Crippen LogP) is 0.546. The van der Waals surface area contributed by atoms with E-state index in [0.717, 1.165) is 31.5 Å². The van der Waals surface area contributed by atoms with Gasteiger partial charge in [0.1, 0.15) is 17.2 Å². The van der Waals surface area contributed by atoms with Gasteiger partial charge in [0.15, 0.2) is 9.84 Å². The lowest BCUT2D eigenvalue weighted by Crippen LogP contribution is -2.66. The maximum absolute atomic E-state index is 12.0. The number of carbonyl (C=O) groups is 1. The van der Waals surface area contributed by atoms with Crippen molar-refractivity contribution in [1.82, 2.24) is 9.88 Å². The van der Waals surface area contributed by atoms with E-state index in [0.29, 0.717) is 25.6 Å². The number of pyridine rings is 1. The number of nitrogens with zero attached hydrogens (tertiary/aromatic N) is 2. The number of sulfone groups is 1. The molecule has 3 rings (SSSR count). The van der Waals surface area contributed by atoms with Gasteiger partial charge < -0.3 is 15.0 Å². The van der Waals surface area contributed by atoms with Crippen LogP contribution in [0.1, 0.15) is 12.8 Å². The fraction of sp³-hybridized carbons (Fsp3) is 0.625. The lowest BCUT2D eigenvalue weighted by atomic mass is 9.79. The summed E-state index contributed by atoms with van der Waals surface area (Å²) in [4.78, 5) is 17.8. The SMILES string of the molecule is CS(=O)(=O)CC(=O)N1CC2(C1)OCC[C@H]2CCNc1ccccn1. The van der Waals surface area contributed by atoms with Gasteiger partial charge in [-0.15, -0.1) is 0 Å². The molecule has 0 radical (unpaired) electrons. The fourth-order valence-corrected chi connectivity index (χ4v) is 4.11. The molecule has 132 valence electrons. The van der Waals surface area contributed by atoms with Gasteiger partial charge in [0, 0.05) is 25.6 Å². The summed E-state index contributed by atoms with van der Waals surface area (Å²) in [6.45, 7) is 2.48. The van der Waals surface area contributed by atoms with Crippen LogP contribution in [0.2, 0.25) is 0 Å². The van der Waals surface area contributed by atoms with Crippen LogP contribution in [0, 0.1) is 5.92 Å². The van der Waals surface area contributed by atoms with Gasteiger partial charge >= 0.3 is 0 Å². The van der Waals surface area contributed by atoms with Crippen molar-refractivity contribution in [3.8, 4) is 0 Å². The van der Waals surface area contributed by atoms with Gasteiger partial charge in [-0.1, -0.05) is 6.07 Å². The summed E-state index contributed by atoms with van der Waals surface area (Å²) in [5, 5.41) is 3.30. The second-order valence-electron chi connectivity index (χ2n) is 6.65. The Morgan fingerprint density at radius 3 is 2.92 bits per heavy atom. The molecule has 0 aromatic carbocycles. The summed E-state index contributed by atoms with van der Waals surface area (Å²) in [6.07, 6.45) is 4.74. The Morgan fingerprint density at radius 2 is 2.25 bits per heavy atom. The molecule has 0 saturated carbocycles. The first-order valence-corrected chi connectivity index (χ1v) is 10.2. The molecule has 1 aromatic heterocycles. The molecule has 1 atom stereocenters. The third kappa shape index (κ3) is 3.87. The first kappa shape index (κ1) is 17.2. The summed E-state index contributed by atoms with van der Waals surface area (Å²) in [5.41, 5.74) is -0.293. The molecule has 0 bridgehead atoms. The molecule has 2 saturated heterocycles. The molecular weight excluding hydrogens is 330 g/mol. The van der Waals surface area contributed by atoms with Gasteiger partial charge in [-0.3, -0.25) is 4.79 Å². The Hall–Kier alpha value is -1.67. The normalized spacial score (nSPS) is 22.4. The maximum Gasteiger partial charge on any atom is 0.237 e. The summed E-state index contributed by atoms with van der Waals surface area (Å²) in [6, 6.07) is 5.74. The van der Waals surface area contributed by atoms with Gasteiger partial charge in [0.25, 0.3) is 0 Å². The Morgan fingerprint density at radius 1 is 1.46 bits per heavy atom. The van der Waals surface area contributed by atoms with E-state index in [2.05, 4.69) is 10.3 Å². The Kier molecular flexibility index (Phi) is 4.78. The van der Waals surface area contributed by atoms with Gasteiger partial charge in [-0.05, 0) is 30.9 Å². The molecule has 8 heteroatoms. The summed E-state index contributed by atoms with van der Waals surface area (Å²) < 4.78 is 28.4. The predicted molar refractivity (Wildman–Crippen MR) is 90.4 cm³/mol. The zero-order chi connectivity index (χ0) is 17.2. The largest absolute Gasteiger partial charge is 0.371 e. The minimum Gasteiger partial charge on any atom is -0.371 e. The summed E-state index contributed by atoms with van der Waals surface area (Å²) in [5.74, 6) is 0.471. The van der Waals surface area contributed by atoms with Crippen molar-refractivity contribution in [3.05, 3.63) is 24.4 Å². The Labute approximate surface area is 142 Å². The number of carbonyl (C=O) groups excluding carboxylic acids is 1. The molecule has 2 aliphatic rings. The van der Waals surface area contributed by atoms with E-state index in [4.69, 9.17) is 4.74 Å². The van der Waals surface area contributed by atoms with E-state index in [1.165, 1.54) is 0 Å². The van der Waals surface area contributed by atoms with E-state index in [1.54, 1.807) is 11.1 Å². The number of aromatic nitrogens is 1. The first-order valence-electron chi connectivity index (χ1n) is 8.12. The number of hydrogen-bond donors (Lipinski definition) is 1. The van der Waals surface area contributed by atoms with Crippen LogP contribution in [0.5, 0.6) is 0 Å². The molecule has 0 aliphatic carbocycles. The number of amides is 1. The van der Waals surface area contributed by atoms with Crippen molar-refractivity contribution < 1.29 is 17.9 Å². The molecule has 24 heavy (non-hydrogen) atoms. The Bertz CT molecular complexity index is 687. The van der Waals surface area contributed by atoms with Crippen molar-refractivity contribution >= 4 is 21.6 Å². The van der Waals surface area contributed by atoms with E-state index < -0.39 is 15.6 Å². The number of nitrogens with one attached hydrogen (secondary N) is 1. The van der Waals surface area contributed by atoms with Crippen LogP contribution in [-0.2, 0) is 19.4 Å². The van der Waals surface area contributed by atoms with E-state index >= 15 is 0 Å². The zero-order valence-corrected chi connectivity index (χ0v) is 14.6. The van der Waals surface area contributed by atoms with Gasteiger partial charge in [0.05, 0.1) is 13.1 Å². The number of ether oxygens (including phenoxy) is 1.